The van der Waals surface area contributed by atoms with Crippen molar-refractivity contribution in [2.45, 2.75) is 55.7 Å². The fourth-order valence-corrected chi connectivity index (χ4v) is 7.79. The number of para-hydroxylation sites is 1. The number of rotatable bonds is 10. The van der Waals surface area contributed by atoms with E-state index < -0.39 is 24.0 Å². The Labute approximate surface area is 270 Å². The number of likely N-dealkylation sites (tertiary alicyclic amines) is 1. The number of aromatic nitrogens is 2. The van der Waals surface area contributed by atoms with Crippen LogP contribution in [-0.2, 0) is 25.7 Å². The standard InChI is InChI=1S/C33H41F5N6OS/c34-24-8-11-41(12-9-24)17-18-46-31-19-23(5-6-27(31)33(36,37)38)32-26-20-39-10-7-29(26)44(40-32)22-25(45)21-42-13-15-43(16-14-42)30-4-2-1-3-28(30)35/h1-6,19,24-25,39,45H,7-18,20-22H2/t25-/m0/s1. The fourth-order valence-electron chi connectivity index (χ4n) is 6.67. The highest BCUT2D eigenvalue weighted by Gasteiger charge is 2.34. The summed E-state index contributed by atoms with van der Waals surface area (Å²) >= 11 is 1.18. The van der Waals surface area contributed by atoms with Crippen LogP contribution in [0.5, 0.6) is 0 Å². The Hall–Kier alpha value is -2.71. The molecule has 3 aliphatic heterocycles. The number of anilines is 1. The normalized spacial score (nSPS) is 19.4. The van der Waals surface area contributed by atoms with E-state index in [1.165, 1.54) is 23.9 Å². The number of fused-ring (bicyclic) bond motifs is 1. The Kier molecular flexibility index (Phi) is 10.5. The van der Waals surface area contributed by atoms with Crippen LogP contribution >= 0.6 is 11.8 Å². The average Bonchev–Trinajstić information content (AvgIpc) is 3.40. The molecule has 0 bridgehead atoms. The predicted molar refractivity (Wildman–Crippen MR) is 170 cm³/mol. The van der Waals surface area contributed by atoms with Gasteiger partial charge in [-0.15, -0.1) is 11.8 Å². The van der Waals surface area contributed by atoms with E-state index in [1.807, 2.05) is 15.6 Å². The van der Waals surface area contributed by atoms with Gasteiger partial charge in [0.15, 0.2) is 0 Å². The third-order valence-electron chi connectivity index (χ3n) is 9.17. The molecule has 3 aliphatic rings. The molecule has 4 heterocycles. The number of alkyl halides is 4. The molecule has 1 aromatic heterocycles. The summed E-state index contributed by atoms with van der Waals surface area (Å²) in [7, 11) is 0. The zero-order chi connectivity index (χ0) is 32.3. The quantitative estimate of drug-likeness (QED) is 0.232. The van der Waals surface area contributed by atoms with E-state index in [9.17, 15) is 27.1 Å². The molecule has 0 unspecified atom stereocenters. The summed E-state index contributed by atoms with van der Waals surface area (Å²) < 4.78 is 71.6. The predicted octanol–water partition coefficient (Wildman–Crippen LogP) is 5.06. The summed E-state index contributed by atoms with van der Waals surface area (Å²) in [5.74, 6) is 0.233. The van der Waals surface area contributed by atoms with Gasteiger partial charge in [-0.3, -0.25) is 9.58 Å². The molecule has 6 rings (SSSR count). The summed E-state index contributed by atoms with van der Waals surface area (Å²) in [6.45, 7) is 6.56. The second-order valence-electron chi connectivity index (χ2n) is 12.3. The number of β-amino-alcohol motifs (C(OH)–C–C–N with tert-alkyl or cyclic N) is 1. The van der Waals surface area contributed by atoms with Crippen molar-refractivity contribution < 1.29 is 27.1 Å². The first-order valence-electron chi connectivity index (χ1n) is 16.1. The maximum absolute atomic E-state index is 14.2. The number of aliphatic hydroxyl groups excluding tert-OH is 1. The molecule has 7 nitrogen and oxygen atoms in total. The van der Waals surface area contributed by atoms with E-state index in [0.717, 1.165) is 23.9 Å². The number of nitrogens with zero attached hydrogens (tertiary/aromatic N) is 5. The monoisotopic (exact) mass is 664 g/mol. The first-order chi connectivity index (χ1) is 22.2. The molecule has 0 spiro atoms. The minimum atomic E-state index is -4.49. The maximum atomic E-state index is 14.2. The number of hydrogen-bond acceptors (Lipinski definition) is 7. The van der Waals surface area contributed by atoms with Gasteiger partial charge in [0.2, 0.25) is 0 Å². The minimum absolute atomic E-state index is 0.159. The van der Waals surface area contributed by atoms with Crippen molar-refractivity contribution in [3.05, 3.63) is 65.1 Å². The molecule has 0 saturated carbocycles. The Morgan fingerprint density at radius 2 is 1.74 bits per heavy atom. The smallest absolute Gasteiger partial charge is 0.390 e. The molecule has 3 aromatic rings. The third-order valence-corrected chi connectivity index (χ3v) is 10.2. The molecular formula is C33H41F5N6OS. The van der Waals surface area contributed by atoms with Crippen LogP contribution in [0.3, 0.4) is 0 Å². The molecule has 0 radical (unpaired) electrons. The van der Waals surface area contributed by atoms with Crippen molar-refractivity contribution in [2.24, 2.45) is 0 Å². The zero-order valence-electron chi connectivity index (χ0n) is 25.8. The van der Waals surface area contributed by atoms with Crippen LogP contribution in [0.4, 0.5) is 27.6 Å². The Bertz CT molecular complexity index is 1470. The van der Waals surface area contributed by atoms with Crippen LogP contribution in [-0.4, -0.2) is 102 Å². The Balaban J connectivity index is 1.14. The molecule has 2 N–H and O–H groups in total. The summed E-state index contributed by atoms with van der Waals surface area (Å²) in [5, 5.41) is 19.3. The molecule has 2 saturated heterocycles. The first kappa shape index (κ1) is 33.2. The van der Waals surface area contributed by atoms with Crippen LogP contribution in [0, 0.1) is 5.82 Å². The maximum Gasteiger partial charge on any atom is 0.417 e. The van der Waals surface area contributed by atoms with Gasteiger partial charge < -0.3 is 20.2 Å². The number of piperazine rings is 1. The van der Waals surface area contributed by atoms with Crippen LogP contribution in [0.15, 0.2) is 47.4 Å². The van der Waals surface area contributed by atoms with Gasteiger partial charge in [0.05, 0.1) is 29.6 Å². The zero-order valence-corrected chi connectivity index (χ0v) is 26.6. The van der Waals surface area contributed by atoms with Crippen LogP contribution in [0.25, 0.3) is 11.3 Å². The van der Waals surface area contributed by atoms with Crippen molar-refractivity contribution in [3.63, 3.8) is 0 Å². The molecule has 0 aliphatic carbocycles. The molecule has 46 heavy (non-hydrogen) atoms. The number of thioether (sulfide) groups is 1. The van der Waals surface area contributed by atoms with Gasteiger partial charge in [-0.2, -0.15) is 18.3 Å². The number of benzene rings is 2. The van der Waals surface area contributed by atoms with Crippen molar-refractivity contribution in [2.75, 3.05) is 69.6 Å². The minimum Gasteiger partial charge on any atom is -0.390 e. The topological polar surface area (TPSA) is 59.8 Å². The lowest BCUT2D eigenvalue weighted by Gasteiger charge is -2.37. The van der Waals surface area contributed by atoms with Gasteiger partial charge in [0.25, 0.3) is 0 Å². The fraction of sp³-hybridized carbons (Fsp3) is 0.545. The van der Waals surface area contributed by atoms with Gasteiger partial charge in [-0.05, 0) is 37.1 Å². The van der Waals surface area contributed by atoms with E-state index in [-0.39, 0.29) is 17.3 Å². The summed E-state index contributed by atoms with van der Waals surface area (Å²) in [6, 6.07) is 11.0. The van der Waals surface area contributed by atoms with Gasteiger partial charge in [0.1, 0.15) is 12.0 Å². The van der Waals surface area contributed by atoms with Gasteiger partial charge >= 0.3 is 6.18 Å². The van der Waals surface area contributed by atoms with Crippen molar-refractivity contribution in [3.8, 4) is 11.3 Å². The molecule has 13 heteroatoms. The average molecular weight is 665 g/mol. The molecule has 0 amide bonds. The lowest BCUT2D eigenvalue weighted by molar-refractivity contribution is -0.139. The van der Waals surface area contributed by atoms with Crippen LogP contribution in [0.1, 0.15) is 29.7 Å². The van der Waals surface area contributed by atoms with Gasteiger partial charge in [-0.25, -0.2) is 8.78 Å². The number of aliphatic hydroxyl groups is 1. The number of hydrogen-bond donors (Lipinski definition) is 2. The highest BCUT2D eigenvalue weighted by atomic mass is 32.2. The van der Waals surface area contributed by atoms with E-state index in [4.69, 9.17) is 5.10 Å². The van der Waals surface area contributed by atoms with Crippen molar-refractivity contribution >= 4 is 17.4 Å². The number of nitrogens with one attached hydrogen (secondary N) is 1. The molecule has 250 valence electrons. The SMILES string of the molecule is O[C@@H](CN1CCN(c2ccccc2F)CC1)Cn1nc(-c2ccc(C(F)(F)F)c(SCCN3CCC(F)CC3)c2)c2c1CCNC2. The van der Waals surface area contributed by atoms with Crippen molar-refractivity contribution in [1.82, 2.24) is 24.9 Å². The number of piperidine rings is 1. The summed E-state index contributed by atoms with van der Waals surface area (Å²) in [6.07, 6.45) is -4.34. The lowest BCUT2D eigenvalue weighted by atomic mass is 10.0. The highest BCUT2D eigenvalue weighted by Crippen LogP contribution is 2.40. The van der Waals surface area contributed by atoms with Crippen LogP contribution in [0.2, 0.25) is 0 Å². The summed E-state index contributed by atoms with van der Waals surface area (Å²) in [4.78, 5) is 6.46. The molecule has 2 fully saturated rings. The summed E-state index contributed by atoms with van der Waals surface area (Å²) in [5.41, 5.74) is 3.11. The molecule has 1 atom stereocenters. The number of halogens is 5. The largest absolute Gasteiger partial charge is 0.417 e. The highest BCUT2D eigenvalue weighted by molar-refractivity contribution is 7.99. The van der Waals surface area contributed by atoms with E-state index >= 15 is 0 Å². The van der Waals surface area contributed by atoms with Gasteiger partial charge in [-0.1, -0.05) is 18.2 Å². The van der Waals surface area contributed by atoms with Crippen molar-refractivity contribution in [1.29, 1.82) is 0 Å². The van der Waals surface area contributed by atoms with Gasteiger partial charge in [0, 0.05) is 99.3 Å². The lowest BCUT2D eigenvalue weighted by Crippen LogP contribution is -2.49. The van der Waals surface area contributed by atoms with E-state index in [0.29, 0.717) is 101 Å². The third kappa shape index (κ3) is 7.87. The van der Waals surface area contributed by atoms with E-state index in [2.05, 4.69) is 15.1 Å². The first-order valence-corrected chi connectivity index (χ1v) is 17.0. The van der Waals surface area contributed by atoms with Crippen LogP contribution < -0.4 is 10.2 Å². The Morgan fingerprint density at radius 1 is 0.978 bits per heavy atom. The molecule has 2 aromatic carbocycles. The second-order valence-corrected chi connectivity index (χ2v) is 13.5. The second kappa shape index (κ2) is 14.6. The Morgan fingerprint density at radius 3 is 2.48 bits per heavy atom. The van der Waals surface area contributed by atoms with E-state index in [1.54, 1.807) is 18.2 Å². The molecular weight excluding hydrogens is 623 g/mol.